The second-order valence-electron chi connectivity index (χ2n) is 3.29. The number of rotatable bonds is 2. The van der Waals surface area contributed by atoms with E-state index in [-0.39, 0.29) is 5.78 Å². The smallest absolute Gasteiger partial charge is 0.169 e. The van der Waals surface area contributed by atoms with Gasteiger partial charge in [0.15, 0.2) is 5.78 Å². The minimum absolute atomic E-state index is 0.0562. The number of nitrogens with zero attached hydrogens (tertiary/aromatic N) is 2. The highest BCUT2D eigenvalue weighted by Crippen LogP contribution is 2.28. The van der Waals surface area contributed by atoms with Crippen LogP contribution in [0, 0.1) is 11.3 Å². The lowest BCUT2D eigenvalue weighted by Gasteiger charge is -1.96. The number of hydrogen-bond acceptors (Lipinski definition) is 4. The second-order valence-corrected chi connectivity index (χ2v) is 4.38. The van der Waals surface area contributed by atoms with E-state index in [4.69, 9.17) is 5.26 Å². The molecule has 2 aromatic rings. The zero-order chi connectivity index (χ0) is 11.5. The molecular formula is C12H8N2OS. The monoisotopic (exact) mass is 228 g/mol. The lowest BCUT2D eigenvalue weighted by molar-refractivity contribution is 0.102. The van der Waals surface area contributed by atoms with Crippen LogP contribution in [-0.2, 0) is 0 Å². The molecule has 0 aliphatic rings. The van der Waals surface area contributed by atoms with Crippen LogP contribution in [0.2, 0.25) is 0 Å². The van der Waals surface area contributed by atoms with Crippen molar-refractivity contribution in [2.24, 2.45) is 0 Å². The van der Waals surface area contributed by atoms with Crippen LogP contribution in [0.1, 0.15) is 22.2 Å². The normalized spacial score (nSPS) is 9.75. The number of nitriles is 1. The van der Waals surface area contributed by atoms with Crippen molar-refractivity contribution in [3.8, 4) is 16.5 Å². The molecule has 0 bridgehead atoms. The number of thiophene rings is 1. The molecule has 0 N–H and O–H groups in total. The zero-order valence-corrected chi connectivity index (χ0v) is 9.41. The molecule has 0 aromatic carbocycles. The van der Waals surface area contributed by atoms with Gasteiger partial charge in [0.2, 0.25) is 0 Å². The summed E-state index contributed by atoms with van der Waals surface area (Å²) in [5, 5.41) is 8.76. The second kappa shape index (κ2) is 4.25. The van der Waals surface area contributed by atoms with E-state index in [1.807, 2.05) is 12.1 Å². The summed E-state index contributed by atoms with van der Waals surface area (Å²) in [6.07, 6.45) is 3.21. The number of pyridine rings is 1. The molecule has 0 unspecified atom stereocenters. The van der Waals surface area contributed by atoms with Crippen LogP contribution in [0.25, 0.3) is 10.4 Å². The summed E-state index contributed by atoms with van der Waals surface area (Å²) in [4.78, 5) is 16.8. The van der Waals surface area contributed by atoms with E-state index in [0.29, 0.717) is 5.56 Å². The van der Waals surface area contributed by atoms with Crippen LogP contribution in [0.15, 0.2) is 30.6 Å². The van der Waals surface area contributed by atoms with E-state index in [1.54, 1.807) is 25.3 Å². The molecule has 0 saturated heterocycles. The van der Waals surface area contributed by atoms with Gasteiger partial charge < -0.3 is 0 Å². The summed E-state index contributed by atoms with van der Waals surface area (Å²) in [6.45, 7) is 1.54. The first-order valence-corrected chi connectivity index (χ1v) is 5.48. The Morgan fingerprint density at radius 3 is 2.88 bits per heavy atom. The third kappa shape index (κ3) is 2.00. The highest BCUT2D eigenvalue weighted by Gasteiger charge is 2.06. The maximum atomic E-state index is 11.2. The molecule has 3 nitrogen and oxygen atoms in total. The maximum Gasteiger partial charge on any atom is 0.169 e. The Morgan fingerprint density at radius 1 is 1.44 bits per heavy atom. The van der Waals surface area contributed by atoms with Gasteiger partial charge in [0, 0.05) is 22.8 Å². The summed E-state index contributed by atoms with van der Waals surface area (Å²) in [7, 11) is 0. The molecule has 16 heavy (non-hydrogen) atoms. The molecule has 0 radical (unpaired) electrons. The zero-order valence-electron chi connectivity index (χ0n) is 8.60. The largest absolute Gasteiger partial charge is 0.294 e. The quantitative estimate of drug-likeness (QED) is 0.742. The van der Waals surface area contributed by atoms with Crippen LogP contribution < -0.4 is 0 Å². The molecule has 0 atom stereocenters. The van der Waals surface area contributed by atoms with Crippen molar-refractivity contribution in [3.63, 3.8) is 0 Å². The average molecular weight is 228 g/mol. The number of carbonyl (C=O) groups excluding carboxylic acids is 1. The van der Waals surface area contributed by atoms with Gasteiger partial charge >= 0.3 is 0 Å². The number of hydrogen-bond donors (Lipinski definition) is 0. The molecule has 0 aliphatic carbocycles. The van der Waals surface area contributed by atoms with Gasteiger partial charge in [-0.05, 0) is 25.1 Å². The van der Waals surface area contributed by atoms with Crippen molar-refractivity contribution in [2.45, 2.75) is 6.92 Å². The third-order valence-electron chi connectivity index (χ3n) is 2.10. The number of aromatic nitrogens is 1. The number of Topliss-reactive ketones (excluding diaryl/α,β-unsaturated/α-hetero) is 1. The molecular weight excluding hydrogens is 220 g/mol. The highest BCUT2D eigenvalue weighted by atomic mass is 32.1. The molecule has 0 saturated carbocycles. The number of carbonyl (C=O) groups is 1. The van der Waals surface area contributed by atoms with E-state index in [0.717, 1.165) is 15.3 Å². The summed E-state index contributed by atoms with van der Waals surface area (Å²) in [5.74, 6) is 0.0562. The van der Waals surface area contributed by atoms with E-state index in [9.17, 15) is 4.79 Å². The lowest BCUT2D eigenvalue weighted by atomic mass is 10.2. The molecule has 0 fully saturated rings. The Balaban J connectivity index is 2.43. The standard InChI is InChI=1S/C12H8N2OS/c1-8(15)11-2-3-12(16-11)10-4-9(5-13)6-14-7-10/h2-4,6-7H,1H3. The fourth-order valence-electron chi connectivity index (χ4n) is 1.32. The lowest BCUT2D eigenvalue weighted by Crippen LogP contribution is -1.83. The molecule has 0 amide bonds. The van der Waals surface area contributed by atoms with Gasteiger partial charge in [-0.15, -0.1) is 11.3 Å². The first-order valence-electron chi connectivity index (χ1n) is 4.67. The van der Waals surface area contributed by atoms with Crippen molar-refractivity contribution in [1.82, 2.24) is 4.98 Å². The van der Waals surface area contributed by atoms with Crippen molar-refractivity contribution >= 4 is 17.1 Å². The third-order valence-corrected chi connectivity index (χ3v) is 3.34. The molecule has 2 rings (SSSR count). The molecule has 0 aliphatic heterocycles. The van der Waals surface area contributed by atoms with Crippen LogP contribution >= 0.6 is 11.3 Å². The maximum absolute atomic E-state index is 11.2. The van der Waals surface area contributed by atoms with Crippen LogP contribution in [0.5, 0.6) is 0 Å². The first-order chi connectivity index (χ1) is 7.70. The van der Waals surface area contributed by atoms with Crippen molar-refractivity contribution in [3.05, 3.63) is 41.0 Å². The molecule has 4 heteroatoms. The van der Waals surface area contributed by atoms with Crippen LogP contribution in [0.3, 0.4) is 0 Å². The predicted molar refractivity (Wildman–Crippen MR) is 62.3 cm³/mol. The van der Waals surface area contributed by atoms with Crippen molar-refractivity contribution in [1.29, 1.82) is 5.26 Å². The molecule has 0 spiro atoms. The van der Waals surface area contributed by atoms with Gasteiger partial charge in [-0.1, -0.05) is 0 Å². The highest BCUT2D eigenvalue weighted by molar-refractivity contribution is 7.17. The van der Waals surface area contributed by atoms with Gasteiger partial charge in [-0.3, -0.25) is 9.78 Å². The van der Waals surface area contributed by atoms with Crippen LogP contribution in [0.4, 0.5) is 0 Å². The SMILES string of the molecule is CC(=O)c1ccc(-c2cncc(C#N)c2)s1. The summed E-state index contributed by atoms with van der Waals surface area (Å²) in [5.41, 5.74) is 1.40. The Bertz CT molecular complexity index is 581. The Hall–Kier alpha value is -1.99. The van der Waals surface area contributed by atoms with E-state index in [2.05, 4.69) is 4.98 Å². The summed E-state index contributed by atoms with van der Waals surface area (Å²) < 4.78 is 0. The van der Waals surface area contributed by atoms with E-state index >= 15 is 0 Å². The molecule has 2 heterocycles. The van der Waals surface area contributed by atoms with Crippen molar-refractivity contribution < 1.29 is 4.79 Å². The predicted octanol–water partition coefficient (Wildman–Crippen LogP) is 2.88. The summed E-state index contributed by atoms with van der Waals surface area (Å²) in [6, 6.07) is 7.48. The average Bonchev–Trinajstić information content (AvgIpc) is 2.78. The Morgan fingerprint density at radius 2 is 2.25 bits per heavy atom. The minimum atomic E-state index is 0.0562. The van der Waals surface area contributed by atoms with E-state index < -0.39 is 0 Å². The van der Waals surface area contributed by atoms with Gasteiger partial charge in [0.25, 0.3) is 0 Å². The summed E-state index contributed by atoms with van der Waals surface area (Å²) >= 11 is 1.41. The van der Waals surface area contributed by atoms with Crippen molar-refractivity contribution in [2.75, 3.05) is 0 Å². The molecule has 2 aromatic heterocycles. The number of ketones is 1. The van der Waals surface area contributed by atoms with Crippen LogP contribution in [-0.4, -0.2) is 10.8 Å². The van der Waals surface area contributed by atoms with Gasteiger partial charge in [0.05, 0.1) is 10.4 Å². The first kappa shape index (κ1) is 10.5. The van der Waals surface area contributed by atoms with Gasteiger partial charge in [-0.25, -0.2) is 0 Å². The fraction of sp³-hybridized carbons (Fsp3) is 0.0833. The Labute approximate surface area is 97.0 Å². The molecule has 78 valence electrons. The topological polar surface area (TPSA) is 53.8 Å². The minimum Gasteiger partial charge on any atom is -0.294 e. The fourth-order valence-corrected chi connectivity index (χ4v) is 2.20. The van der Waals surface area contributed by atoms with Gasteiger partial charge in [0.1, 0.15) is 6.07 Å². The Kier molecular flexibility index (Phi) is 2.80. The van der Waals surface area contributed by atoms with Gasteiger partial charge in [-0.2, -0.15) is 5.26 Å². The van der Waals surface area contributed by atoms with E-state index in [1.165, 1.54) is 17.5 Å².